The maximum Gasteiger partial charge on any atom is 0.416 e. The van der Waals surface area contributed by atoms with Crippen molar-refractivity contribution in [3.05, 3.63) is 65.1 Å². The van der Waals surface area contributed by atoms with Crippen molar-refractivity contribution >= 4 is 17.2 Å². The van der Waals surface area contributed by atoms with Gasteiger partial charge in [-0.1, -0.05) is 12.1 Å². The summed E-state index contributed by atoms with van der Waals surface area (Å²) in [7, 11) is 0. The van der Waals surface area contributed by atoms with Gasteiger partial charge in [-0.05, 0) is 43.7 Å². The summed E-state index contributed by atoms with van der Waals surface area (Å²) in [6, 6.07) is 8.71. The first kappa shape index (κ1) is 18.8. The lowest BCUT2D eigenvalue weighted by atomic mass is 10.2. The van der Waals surface area contributed by atoms with Gasteiger partial charge < -0.3 is 10.6 Å². The van der Waals surface area contributed by atoms with Gasteiger partial charge in [-0.25, -0.2) is 4.98 Å². The summed E-state index contributed by atoms with van der Waals surface area (Å²) < 4.78 is 39.9. The molecular weight excluding hydrogens is 357 g/mol. The minimum absolute atomic E-state index is 0.258. The van der Waals surface area contributed by atoms with Gasteiger partial charge in [-0.15, -0.1) is 0 Å². The number of benzene rings is 1. The molecule has 1 aromatic carbocycles. The van der Waals surface area contributed by atoms with E-state index in [1.165, 1.54) is 6.07 Å². The van der Waals surface area contributed by atoms with Crippen LogP contribution in [0.2, 0.25) is 0 Å². The number of fused-ring (bicyclic) bond motifs is 1. The Morgan fingerprint density at radius 2 is 1.93 bits per heavy atom. The molecule has 3 rings (SSSR count). The van der Waals surface area contributed by atoms with Gasteiger partial charge in [0.2, 0.25) is 0 Å². The third-order valence-electron chi connectivity index (χ3n) is 4.09. The van der Waals surface area contributed by atoms with Gasteiger partial charge in [0.15, 0.2) is 0 Å². The smallest absolute Gasteiger partial charge is 0.383 e. The Hall–Kier alpha value is -3.03. The highest BCUT2D eigenvalue weighted by molar-refractivity contribution is 5.94. The fourth-order valence-corrected chi connectivity index (χ4v) is 2.81. The van der Waals surface area contributed by atoms with Gasteiger partial charge in [0, 0.05) is 25.0 Å². The fourth-order valence-electron chi connectivity index (χ4n) is 2.81. The van der Waals surface area contributed by atoms with Crippen molar-refractivity contribution in [1.29, 1.82) is 0 Å². The van der Waals surface area contributed by atoms with E-state index in [4.69, 9.17) is 0 Å². The zero-order valence-corrected chi connectivity index (χ0v) is 14.9. The van der Waals surface area contributed by atoms with E-state index < -0.39 is 11.7 Å². The van der Waals surface area contributed by atoms with Crippen molar-refractivity contribution in [2.75, 3.05) is 18.4 Å². The Morgan fingerprint density at radius 3 is 2.67 bits per heavy atom. The van der Waals surface area contributed by atoms with Crippen LogP contribution in [-0.4, -0.2) is 28.4 Å². The number of aryl methyl sites for hydroxylation is 2. The maximum absolute atomic E-state index is 12.7. The molecule has 0 spiro atoms. The molecular formula is C19H19F3N4O. The van der Waals surface area contributed by atoms with E-state index in [0.29, 0.717) is 29.3 Å². The molecule has 0 bridgehead atoms. The van der Waals surface area contributed by atoms with Gasteiger partial charge in [-0.2, -0.15) is 13.2 Å². The van der Waals surface area contributed by atoms with E-state index in [2.05, 4.69) is 15.6 Å². The third kappa shape index (κ3) is 4.21. The van der Waals surface area contributed by atoms with Crippen LogP contribution >= 0.6 is 0 Å². The molecule has 0 aliphatic rings. The van der Waals surface area contributed by atoms with Gasteiger partial charge in [0.05, 0.1) is 11.3 Å². The number of halogens is 3. The minimum Gasteiger partial charge on any atom is -0.383 e. The van der Waals surface area contributed by atoms with Gasteiger partial charge in [-0.3, -0.25) is 9.20 Å². The molecule has 5 nitrogen and oxygen atoms in total. The van der Waals surface area contributed by atoms with Gasteiger partial charge in [0.25, 0.3) is 5.91 Å². The predicted octanol–water partition coefficient (Wildman–Crippen LogP) is 3.81. The lowest BCUT2D eigenvalue weighted by Crippen LogP contribution is -2.30. The number of carbonyl (C=O) groups is 1. The van der Waals surface area contributed by atoms with Crippen LogP contribution in [0.15, 0.2) is 42.6 Å². The van der Waals surface area contributed by atoms with Gasteiger partial charge >= 0.3 is 6.18 Å². The molecule has 0 aliphatic carbocycles. The molecule has 27 heavy (non-hydrogen) atoms. The standard InChI is InChI=1S/C19H19F3N4O/c1-12-6-7-16-25-13(2)17(26(16)11-12)18(27)24-9-8-23-15-5-3-4-14(10-15)19(20,21)22/h3-7,10-11,23H,8-9H2,1-2H3,(H,24,27). The predicted molar refractivity (Wildman–Crippen MR) is 96.9 cm³/mol. The normalized spacial score (nSPS) is 11.6. The van der Waals surface area contributed by atoms with Gasteiger partial charge in [0.1, 0.15) is 11.3 Å². The first-order valence-electron chi connectivity index (χ1n) is 8.40. The molecule has 8 heteroatoms. The van der Waals surface area contributed by atoms with E-state index in [0.717, 1.165) is 17.7 Å². The zero-order chi connectivity index (χ0) is 19.6. The Morgan fingerprint density at radius 1 is 1.15 bits per heavy atom. The quantitative estimate of drug-likeness (QED) is 0.666. The number of anilines is 1. The molecule has 1 amide bonds. The van der Waals surface area contributed by atoms with Crippen molar-refractivity contribution in [1.82, 2.24) is 14.7 Å². The van der Waals surface area contributed by atoms with Crippen molar-refractivity contribution in [2.45, 2.75) is 20.0 Å². The van der Waals surface area contributed by atoms with Crippen LogP contribution in [0.1, 0.15) is 27.3 Å². The number of pyridine rings is 1. The summed E-state index contributed by atoms with van der Waals surface area (Å²) >= 11 is 0. The molecule has 0 fully saturated rings. The monoisotopic (exact) mass is 376 g/mol. The highest BCUT2D eigenvalue weighted by atomic mass is 19.4. The van der Waals surface area contributed by atoms with Crippen molar-refractivity contribution in [3.8, 4) is 0 Å². The van der Waals surface area contributed by atoms with Crippen molar-refractivity contribution in [2.24, 2.45) is 0 Å². The van der Waals surface area contributed by atoms with Crippen molar-refractivity contribution in [3.63, 3.8) is 0 Å². The summed E-state index contributed by atoms with van der Waals surface area (Å²) in [5.74, 6) is -0.281. The summed E-state index contributed by atoms with van der Waals surface area (Å²) in [4.78, 5) is 16.9. The molecule has 0 atom stereocenters. The van der Waals surface area contributed by atoms with Crippen LogP contribution < -0.4 is 10.6 Å². The number of imidazole rings is 1. The van der Waals surface area contributed by atoms with Crippen LogP contribution in [0.4, 0.5) is 18.9 Å². The van der Waals surface area contributed by atoms with E-state index in [-0.39, 0.29) is 12.5 Å². The number of carbonyl (C=O) groups excluding carboxylic acids is 1. The molecule has 0 saturated heterocycles. The Kier molecular flexibility index (Phi) is 5.07. The topological polar surface area (TPSA) is 58.4 Å². The van der Waals surface area contributed by atoms with Crippen LogP contribution in [0.25, 0.3) is 5.65 Å². The average molecular weight is 376 g/mol. The molecule has 3 aromatic rings. The third-order valence-corrected chi connectivity index (χ3v) is 4.09. The van der Waals surface area contributed by atoms with Crippen LogP contribution in [0, 0.1) is 13.8 Å². The van der Waals surface area contributed by atoms with Crippen LogP contribution in [0.5, 0.6) is 0 Å². The van der Waals surface area contributed by atoms with Crippen LogP contribution in [0.3, 0.4) is 0 Å². The number of hydrogen-bond donors (Lipinski definition) is 2. The SMILES string of the molecule is Cc1ccc2nc(C)c(C(=O)NCCNc3cccc(C(F)(F)F)c3)n2c1. The highest BCUT2D eigenvalue weighted by Gasteiger charge is 2.30. The first-order valence-corrected chi connectivity index (χ1v) is 8.40. The van der Waals surface area contributed by atoms with Crippen LogP contribution in [-0.2, 0) is 6.18 Å². The minimum atomic E-state index is -4.38. The lowest BCUT2D eigenvalue weighted by Gasteiger charge is -2.11. The second kappa shape index (κ2) is 7.30. The Bertz CT molecular complexity index is 979. The molecule has 142 valence electrons. The van der Waals surface area contributed by atoms with E-state index in [1.54, 1.807) is 17.4 Å². The summed E-state index contributed by atoms with van der Waals surface area (Å²) in [5, 5.41) is 5.65. The average Bonchev–Trinajstić information content (AvgIpc) is 2.93. The number of nitrogens with one attached hydrogen (secondary N) is 2. The first-order chi connectivity index (χ1) is 12.8. The molecule has 2 heterocycles. The summed E-state index contributed by atoms with van der Waals surface area (Å²) in [6.07, 6.45) is -2.55. The van der Waals surface area contributed by atoms with E-state index >= 15 is 0 Å². The largest absolute Gasteiger partial charge is 0.416 e. The second-order valence-electron chi connectivity index (χ2n) is 6.24. The fraction of sp³-hybridized carbons (Fsp3) is 0.263. The molecule has 0 aliphatic heterocycles. The number of aromatic nitrogens is 2. The lowest BCUT2D eigenvalue weighted by molar-refractivity contribution is -0.137. The number of rotatable bonds is 5. The Labute approximate surface area is 154 Å². The van der Waals surface area contributed by atoms with E-state index in [9.17, 15) is 18.0 Å². The molecule has 0 saturated carbocycles. The molecule has 0 unspecified atom stereocenters. The van der Waals surface area contributed by atoms with E-state index in [1.807, 2.05) is 25.3 Å². The maximum atomic E-state index is 12.7. The second-order valence-corrected chi connectivity index (χ2v) is 6.24. The summed E-state index contributed by atoms with van der Waals surface area (Å²) in [6.45, 7) is 4.24. The number of hydrogen-bond acceptors (Lipinski definition) is 3. The molecule has 2 aromatic heterocycles. The summed E-state index contributed by atoms with van der Waals surface area (Å²) in [5.41, 5.74) is 2.39. The van der Waals surface area contributed by atoms with Crippen molar-refractivity contribution < 1.29 is 18.0 Å². The molecule has 0 radical (unpaired) electrons. The molecule has 2 N–H and O–H groups in total. The zero-order valence-electron chi connectivity index (χ0n) is 14.9. The number of alkyl halides is 3. The number of amides is 1. The highest BCUT2D eigenvalue weighted by Crippen LogP contribution is 2.30. The number of nitrogens with zero attached hydrogens (tertiary/aromatic N) is 2. The Balaban J connectivity index is 1.61.